The molecule has 8 heteroatoms. The Hall–Kier alpha value is -1.70. The fraction of sp³-hybridized carbons (Fsp3) is 0.583. The molecule has 1 aromatic heterocycles. The quantitative estimate of drug-likeness (QED) is 0.776. The van der Waals surface area contributed by atoms with Crippen LogP contribution >= 0.6 is 11.8 Å². The standard InChI is InChI=1S/C12H20N4O3S/c1-15(7-9-6-13-16(2)8-9)12(19)14-10(11(17)18)4-5-20-3/h6,8,10H,4-5,7H2,1-3H3,(H,14,19)(H,17,18). The number of aryl methyl sites for hydroxylation is 1. The van der Waals surface area contributed by atoms with Gasteiger partial charge in [0.05, 0.1) is 12.7 Å². The minimum Gasteiger partial charge on any atom is -0.480 e. The van der Waals surface area contributed by atoms with Crippen LogP contribution in [0.15, 0.2) is 12.4 Å². The number of urea groups is 1. The first-order valence-corrected chi connectivity index (χ1v) is 7.54. The van der Waals surface area contributed by atoms with Crippen molar-refractivity contribution in [3.63, 3.8) is 0 Å². The summed E-state index contributed by atoms with van der Waals surface area (Å²) in [6.07, 6.45) is 5.79. The first-order chi connectivity index (χ1) is 9.43. The van der Waals surface area contributed by atoms with Gasteiger partial charge < -0.3 is 15.3 Å². The maximum absolute atomic E-state index is 11.9. The Morgan fingerprint density at radius 1 is 1.60 bits per heavy atom. The second kappa shape index (κ2) is 7.78. The van der Waals surface area contributed by atoms with Crippen LogP contribution in [0.4, 0.5) is 4.79 Å². The average Bonchev–Trinajstić information content (AvgIpc) is 2.79. The number of aromatic nitrogens is 2. The number of thioether (sulfide) groups is 1. The number of aliphatic carboxylic acids is 1. The number of hydrogen-bond acceptors (Lipinski definition) is 4. The minimum atomic E-state index is -1.01. The summed E-state index contributed by atoms with van der Waals surface area (Å²) < 4.78 is 1.65. The molecule has 0 aliphatic rings. The van der Waals surface area contributed by atoms with Crippen molar-refractivity contribution in [3.8, 4) is 0 Å². The summed E-state index contributed by atoms with van der Waals surface area (Å²) >= 11 is 1.55. The van der Waals surface area contributed by atoms with E-state index in [0.29, 0.717) is 18.7 Å². The van der Waals surface area contributed by atoms with Crippen LogP contribution in [0.2, 0.25) is 0 Å². The topological polar surface area (TPSA) is 87.5 Å². The van der Waals surface area contributed by atoms with E-state index in [2.05, 4.69) is 10.4 Å². The molecule has 0 saturated heterocycles. The normalized spacial score (nSPS) is 11.9. The van der Waals surface area contributed by atoms with Crippen LogP contribution in [-0.4, -0.2) is 56.9 Å². The smallest absolute Gasteiger partial charge is 0.326 e. The molecule has 1 atom stereocenters. The van der Waals surface area contributed by atoms with Gasteiger partial charge in [0.2, 0.25) is 0 Å². The maximum atomic E-state index is 11.9. The number of carbonyl (C=O) groups is 2. The van der Waals surface area contributed by atoms with Gasteiger partial charge in [-0.25, -0.2) is 9.59 Å². The molecular formula is C12H20N4O3S. The molecule has 0 saturated carbocycles. The number of rotatable bonds is 7. The number of carboxylic acids is 1. The van der Waals surface area contributed by atoms with E-state index in [1.807, 2.05) is 12.5 Å². The zero-order chi connectivity index (χ0) is 15.1. The van der Waals surface area contributed by atoms with Gasteiger partial charge >= 0.3 is 12.0 Å². The molecule has 0 fully saturated rings. The number of carboxylic acid groups (broad SMARTS) is 1. The molecule has 0 aliphatic carbocycles. The fourth-order valence-corrected chi connectivity index (χ4v) is 2.12. The average molecular weight is 300 g/mol. The van der Waals surface area contributed by atoms with E-state index < -0.39 is 18.0 Å². The maximum Gasteiger partial charge on any atom is 0.326 e. The third-order valence-corrected chi connectivity index (χ3v) is 3.38. The summed E-state index contributed by atoms with van der Waals surface area (Å²) in [6.45, 7) is 0.383. The van der Waals surface area contributed by atoms with E-state index in [-0.39, 0.29) is 0 Å². The van der Waals surface area contributed by atoms with Crippen molar-refractivity contribution in [2.45, 2.75) is 19.0 Å². The molecule has 0 radical (unpaired) electrons. The number of nitrogens with zero attached hydrogens (tertiary/aromatic N) is 3. The molecule has 20 heavy (non-hydrogen) atoms. The Kier molecular flexibility index (Phi) is 6.37. The van der Waals surface area contributed by atoms with Gasteiger partial charge in [-0.1, -0.05) is 0 Å². The third-order valence-electron chi connectivity index (χ3n) is 2.73. The van der Waals surface area contributed by atoms with E-state index in [1.54, 1.807) is 36.7 Å². The van der Waals surface area contributed by atoms with Gasteiger partial charge in [-0.3, -0.25) is 4.68 Å². The van der Waals surface area contributed by atoms with Gasteiger partial charge in [0.25, 0.3) is 0 Å². The van der Waals surface area contributed by atoms with E-state index in [0.717, 1.165) is 5.56 Å². The van der Waals surface area contributed by atoms with Crippen LogP contribution in [-0.2, 0) is 18.4 Å². The highest BCUT2D eigenvalue weighted by atomic mass is 32.2. The second-order valence-corrected chi connectivity index (χ2v) is 5.49. The minimum absolute atomic E-state index is 0.383. The first kappa shape index (κ1) is 16.4. The highest BCUT2D eigenvalue weighted by molar-refractivity contribution is 7.98. The Labute approximate surface area is 122 Å². The van der Waals surface area contributed by atoms with Crippen LogP contribution in [0.1, 0.15) is 12.0 Å². The summed E-state index contributed by atoms with van der Waals surface area (Å²) in [6, 6.07) is -1.26. The van der Waals surface area contributed by atoms with Crippen LogP contribution < -0.4 is 5.32 Å². The number of hydrogen-bond donors (Lipinski definition) is 2. The van der Waals surface area contributed by atoms with Crippen LogP contribution in [0.3, 0.4) is 0 Å². The van der Waals surface area contributed by atoms with E-state index in [1.165, 1.54) is 4.90 Å². The lowest BCUT2D eigenvalue weighted by Crippen LogP contribution is -2.46. The molecule has 0 spiro atoms. The molecule has 7 nitrogen and oxygen atoms in total. The highest BCUT2D eigenvalue weighted by Crippen LogP contribution is 2.04. The highest BCUT2D eigenvalue weighted by Gasteiger charge is 2.21. The lowest BCUT2D eigenvalue weighted by atomic mass is 10.2. The number of nitrogens with one attached hydrogen (secondary N) is 1. The number of carbonyl (C=O) groups excluding carboxylic acids is 1. The van der Waals surface area contributed by atoms with Crippen LogP contribution in [0, 0.1) is 0 Å². The first-order valence-electron chi connectivity index (χ1n) is 6.15. The summed E-state index contributed by atoms with van der Waals surface area (Å²) in [4.78, 5) is 24.5. The molecular weight excluding hydrogens is 280 g/mol. The lowest BCUT2D eigenvalue weighted by molar-refractivity contribution is -0.139. The van der Waals surface area contributed by atoms with E-state index >= 15 is 0 Å². The largest absolute Gasteiger partial charge is 0.480 e. The molecule has 0 aliphatic heterocycles. The van der Waals surface area contributed by atoms with Gasteiger partial charge in [-0.15, -0.1) is 0 Å². The van der Waals surface area contributed by atoms with Gasteiger partial charge in [0.1, 0.15) is 6.04 Å². The Balaban J connectivity index is 2.52. The lowest BCUT2D eigenvalue weighted by Gasteiger charge is -2.20. The van der Waals surface area contributed by atoms with Crippen LogP contribution in [0.25, 0.3) is 0 Å². The van der Waals surface area contributed by atoms with Crippen molar-refractivity contribution >= 4 is 23.8 Å². The molecule has 0 bridgehead atoms. The fourth-order valence-electron chi connectivity index (χ4n) is 1.65. The van der Waals surface area contributed by atoms with Crippen molar-refractivity contribution in [2.24, 2.45) is 7.05 Å². The number of amides is 2. The van der Waals surface area contributed by atoms with Gasteiger partial charge in [-0.2, -0.15) is 16.9 Å². The predicted octanol–water partition coefficient (Wildman–Crippen LogP) is 0.768. The van der Waals surface area contributed by atoms with Gasteiger partial charge in [0, 0.05) is 25.9 Å². The third kappa shape index (κ3) is 5.12. The second-order valence-electron chi connectivity index (χ2n) is 4.50. The zero-order valence-corrected chi connectivity index (χ0v) is 12.7. The molecule has 0 aromatic carbocycles. The van der Waals surface area contributed by atoms with Crippen molar-refractivity contribution in [2.75, 3.05) is 19.1 Å². The molecule has 1 unspecified atom stereocenters. The Bertz CT molecular complexity index is 463. The Morgan fingerprint density at radius 3 is 2.80 bits per heavy atom. The summed E-state index contributed by atoms with van der Waals surface area (Å²) in [5, 5.41) is 15.6. The van der Waals surface area contributed by atoms with Crippen molar-refractivity contribution in [1.82, 2.24) is 20.0 Å². The van der Waals surface area contributed by atoms with Crippen molar-refractivity contribution in [3.05, 3.63) is 18.0 Å². The van der Waals surface area contributed by atoms with Crippen LogP contribution in [0.5, 0.6) is 0 Å². The van der Waals surface area contributed by atoms with E-state index in [9.17, 15) is 9.59 Å². The van der Waals surface area contributed by atoms with Gasteiger partial charge in [-0.05, 0) is 18.4 Å². The molecule has 112 valence electrons. The van der Waals surface area contributed by atoms with Gasteiger partial charge in [0.15, 0.2) is 0 Å². The monoisotopic (exact) mass is 300 g/mol. The SMILES string of the molecule is CSCCC(NC(=O)N(C)Cc1cnn(C)c1)C(=O)O. The van der Waals surface area contributed by atoms with Crippen molar-refractivity contribution in [1.29, 1.82) is 0 Å². The predicted molar refractivity (Wildman–Crippen MR) is 77.6 cm³/mol. The molecule has 2 amide bonds. The summed E-state index contributed by atoms with van der Waals surface area (Å²) in [7, 11) is 3.42. The zero-order valence-electron chi connectivity index (χ0n) is 11.9. The van der Waals surface area contributed by atoms with E-state index in [4.69, 9.17) is 5.11 Å². The molecule has 1 rings (SSSR count). The molecule has 1 heterocycles. The summed E-state index contributed by atoms with van der Waals surface area (Å²) in [5.41, 5.74) is 0.890. The molecule has 1 aromatic rings. The van der Waals surface area contributed by atoms with Crippen molar-refractivity contribution < 1.29 is 14.7 Å². The Morgan fingerprint density at radius 2 is 2.30 bits per heavy atom. The summed E-state index contributed by atoms with van der Waals surface area (Å²) in [5.74, 6) is -0.328. The molecule has 2 N–H and O–H groups in total.